The first-order chi connectivity index (χ1) is 7.89. The Hall–Kier alpha value is -1.47. The highest BCUT2D eigenvalue weighted by molar-refractivity contribution is 7.89. The van der Waals surface area contributed by atoms with Gasteiger partial charge in [-0.1, -0.05) is 19.1 Å². The Labute approximate surface area is 98.5 Å². The van der Waals surface area contributed by atoms with Gasteiger partial charge in [0.2, 0.25) is 10.0 Å². The average molecular weight is 261 g/mol. The van der Waals surface area contributed by atoms with Gasteiger partial charge in [0.25, 0.3) is 0 Å². The molecular formula is C10H12FNO4S. The molecule has 0 radical (unpaired) electrons. The van der Waals surface area contributed by atoms with Crippen molar-refractivity contribution in [3.8, 4) is 0 Å². The lowest BCUT2D eigenvalue weighted by molar-refractivity contribution is -0.137. The minimum atomic E-state index is -4.10. The van der Waals surface area contributed by atoms with E-state index in [1.165, 1.54) is 19.1 Å². The number of hydrogen-bond donors (Lipinski definition) is 1. The predicted molar refractivity (Wildman–Crippen MR) is 58.5 cm³/mol. The van der Waals surface area contributed by atoms with Crippen LogP contribution in [0.25, 0.3) is 0 Å². The van der Waals surface area contributed by atoms with Crippen molar-refractivity contribution in [2.24, 2.45) is 0 Å². The third-order valence-corrected chi connectivity index (χ3v) is 4.07. The zero-order valence-electron chi connectivity index (χ0n) is 9.13. The Morgan fingerprint density at radius 3 is 2.47 bits per heavy atom. The summed E-state index contributed by atoms with van der Waals surface area (Å²) in [4.78, 5) is 10.0. The van der Waals surface area contributed by atoms with Gasteiger partial charge in [0.05, 0.1) is 0 Å². The standard InChI is InChI=1S/C10H12FNO4S/c1-2-12(7-10(13)14)17(15,16)9-6-4-3-5-8(9)11/h3-6H,2,7H2,1H3,(H,13,14). The molecule has 1 aromatic carbocycles. The summed E-state index contributed by atoms with van der Waals surface area (Å²) in [5.41, 5.74) is 0. The first kappa shape index (κ1) is 13.6. The molecule has 0 aliphatic rings. The van der Waals surface area contributed by atoms with E-state index in [-0.39, 0.29) is 6.54 Å². The molecule has 0 amide bonds. The summed E-state index contributed by atoms with van der Waals surface area (Å²) in [5.74, 6) is -2.18. The van der Waals surface area contributed by atoms with Crippen molar-refractivity contribution in [1.82, 2.24) is 4.31 Å². The fourth-order valence-corrected chi connectivity index (χ4v) is 2.77. The average Bonchev–Trinajstić information content (AvgIpc) is 2.25. The van der Waals surface area contributed by atoms with E-state index in [0.717, 1.165) is 12.1 Å². The van der Waals surface area contributed by atoms with Crippen LogP contribution >= 0.6 is 0 Å². The van der Waals surface area contributed by atoms with Crippen LogP contribution in [-0.2, 0) is 14.8 Å². The lowest BCUT2D eigenvalue weighted by Crippen LogP contribution is -2.35. The second-order valence-electron chi connectivity index (χ2n) is 3.26. The van der Waals surface area contributed by atoms with Crippen LogP contribution in [-0.4, -0.2) is 36.9 Å². The molecule has 1 aromatic rings. The molecule has 0 spiro atoms. The van der Waals surface area contributed by atoms with E-state index in [2.05, 4.69) is 0 Å². The van der Waals surface area contributed by atoms with Crippen LogP contribution in [0.3, 0.4) is 0 Å². The summed E-state index contributed by atoms with van der Waals surface area (Å²) < 4.78 is 38.0. The molecule has 17 heavy (non-hydrogen) atoms. The Bertz CT molecular complexity index is 515. The Balaban J connectivity index is 3.18. The SMILES string of the molecule is CCN(CC(=O)O)S(=O)(=O)c1ccccc1F. The van der Waals surface area contributed by atoms with E-state index < -0.39 is 33.3 Å². The van der Waals surface area contributed by atoms with Crippen molar-refractivity contribution in [3.63, 3.8) is 0 Å². The quantitative estimate of drug-likeness (QED) is 0.855. The van der Waals surface area contributed by atoms with Gasteiger partial charge in [0.15, 0.2) is 0 Å². The number of carbonyl (C=O) groups is 1. The lowest BCUT2D eigenvalue weighted by Gasteiger charge is -2.18. The minimum absolute atomic E-state index is 0.0387. The lowest BCUT2D eigenvalue weighted by atomic mass is 10.4. The molecule has 0 saturated heterocycles. The van der Waals surface area contributed by atoms with Crippen LogP contribution in [0.15, 0.2) is 29.2 Å². The van der Waals surface area contributed by atoms with E-state index in [1.807, 2.05) is 0 Å². The van der Waals surface area contributed by atoms with Crippen molar-refractivity contribution in [2.75, 3.05) is 13.1 Å². The summed E-state index contributed by atoms with van der Waals surface area (Å²) in [6.07, 6.45) is 0. The first-order valence-corrected chi connectivity index (χ1v) is 6.30. The van der Waals surface area contributed by atoms with Crippen LogP contribution in [0.4, 0.5) is 4.39 Å². The monoisotopic (exact) mass is 261 g/mol. The van der Waals surface area contributed by atoms with Crippen LogP contribution in [0.5, 0.6) is 0 Å². The summed E-state index contributed by atoms with van der Waals surface area (Å²) >= 11 is 0. The number of hydrogen-bond acceptors (Lipinski definition) is 3. The molecule has 0 unspecified atom stereocenters. The van der Waals surface area contributed by atoms with Gasteiger partial charge in [-0.05, 0) is 12.1 Å². The topological polar surface area (TPSA) is 74.7 Å². The number of halogens is 1. The Morgan fingerprint density at radius 2 is 2.00 bits per heavy atom. The van der Waals surface area contributed by atoms with Crippen molar-refractivity contribution in [2.45, 2.75) is 11.8 Å². The normalized spacial score (nSPS) is 11.7. The Morgan fingerprint density at radius 1 is 1.41 bits per heavy atom. The van der Waals surface area contributed by atoms with Gasteiger partial charge in [-0.3, -0.25) is 4.79 Å². The molecule has 0 aliphatic carbocycles. The molecule has 7 heteroatoms. The molecule has 5 nitrogen and oxygen atoms in total. The van der Waals surface area contributed by atoms with Gasteiger partial charge in [0, 0.05) is 6.54 Å². The van der Waals surface area contributed by atoms with Crippen molar-refractivity contribution >= 4 is 16.0 Å². The van der Waals surface area contributed by atoms with Gasteiger partial charge in [-0.15, -0.1) is 0 Å². The fraction of sp³-hybridized carbons (Fsp3) is 0.300. The highest BCUT2D eigenvalue weighted by Gasteiger charge is 2.27. The number of carboxylic acid groups (broad SMARTS) is 1. The van der Waals surface area contributed by atoms with Crippen LogP contribution in [0.1, 0.15) is 6.92 Å². The Kier molecular flexibility index (Phi) is 4.19. The van der Waals surface area contributed by atoms with Gasteiger partial charge in [-0.25, -0.2) is 12.8 Å². The van der Waals surface area contributed by atoms with E-state index in [0.29, 0.717) is 4.31 Å². The number of benzene rings is 1. The number of sulfonamides is 1. The third-order valence-electron chi connectivity index (χ3n) is 2.12. The number of likely N-dealkylation sites (N-methyl/N-ethyl adjacent to an activating group) is 1. The summed E-state index contributed by atoms with van der Waals surface area (Å²) in [7, 11) is -4.10. The molecule has 0 fully saturated rings. The smallest absolute Gasteiger partial charge is 0.318 e. The van der Waals surface area contributed by atoms with Crippen molar-refractivity contribution in [1.29, 1.82) is 0 Å². The van der Waals surface area contributed by atoms with Gasteiger partial charge < -0.3 is 5.11 Å². The van der Waals surface area contributed by atoms with E-state index in [9.17, 15) is 17.6 Å². The van der Waals surface area contributed by atoms with E-state index in [1.54, 1.807) is 0 Å². The molecular weight excluding hydrogens is 249 g/mol. The van der Waals surface area contributed by atoms with E-state index in [4.69, 9.17) is 5.11 Å². The maximum Gasteiger partial charge on any atom is 0.318 e. The highest BCUT2D eigenvalue weighted by atomic mass is 32.2. The molecule has 0 bridgehead atoms. The van der Waals surface area contributed by atoms with Crippen LogP contribution in [0.2, 0.25) is 0 Å². The highest BCUT2D eigenvalue weighted by Crippen LogP contribution is 2.18. The third kappa shape index (κ3) is 3.01. The van der Waals surface area contributed by atoms with E-state index >= 15 is 0 Å². The van der Waals surface area contributed by atoms with Gasteiger partial charge in [-0.2, -0.15) is 4.31 Å². The summed E-state index contributed by atoms with van der Waals surface area (Å²) in [6.45, 7) is 0.761. The fourth-order valence-electron chi connectivity index (χ4n) is 1.31. The largest absolute Gasteiger partial charge is 0.480 e. The van der Waals surface area contributed by atoms with Crippen LogP contribution in [0, 0.1) is 5.82 Å². The summed E-state index contributed by atoms with van der Waals surface area (Å²) in [6, 6.07) is 4.86. The molecule has 0 heterocycles. The van der Waals surface area contributed by atoms with Gasteiger partial charge >= 0.3 is 5.97 Å². The number of rotatable bonds is 5. The molecule has 1 rings (SSSR count). The number of aliphatic carboxylic acids is 1. The molecule has 1 N–H and O–H groups in total. The van der Waals surface area contributed by atoms with Crippen molar-refractivity contribution < 1.29 is 22.7 Å². The van der Waals surface area contributed by atoms with Gasteiger partial charge in [0.1, 0.15) is 17.3 Å². The molecule has 0 saturated carbocycles. The molecule has 0 atom stereocenters. The zero-order valence-corrected chi connectivity index (χ0v) is 9.95. The summed E-state index contributed by atoms with van der Waals surface area (Å²) in [5, 5.41) is 8.59. The molecule has 94 valence electrons. The zero-order chi connectivity index (χ0) is 13.1. The second-order valence-corrected chi connectivity index (χ2v) is 5.16. The molecule has 0 aliphatic heterocycles. The number of carboxylic acids is 1. The first-order valence-electron chi connectivity index (χ1n) is 4.86. The minimum Gasteiger partial charge on any atom is -0.480 e. The maximum atomic E-state index is 13.4. The second kappa shape index (κ2) is 5.24. The van der Waals surface area contributed by atoms with Crippen molar-refractivity contribution in [3.05, 3.63) is 30.1 Å². The van der Waals surface area contributed by atoms with Crippen LogP contribution < -0.4 is 0 Å². The maximum absolute atomic E-state index is 13.4. The predicted octanol–water partition coefficient (Wildman–Crippen LogP) is 0.921. The number of nitrogens with zero attached hydrogens (tertiary/aromatic N) is 1. The molecule has 0 aromatic heterocycles.